The molecule has 0 saturated heterocycles. The molecule has 0 heterocycles. The Bertz CT molecular complexity index is 268. The third-order valence-electron chi connectivity index (χ3n) is 0.780. The molecule has 0 aromatic carbocycles. The number of halogens is 2. The average molecular weight is 223 g/mol. The summed E-state index contributed by atoms with van der Waals surface area (Å²) >= 11 is 0. The quantitative estimate of drug-likeness (QED) is 0.394. The molecule has 0 fully saturated rings. The van der Waals surface area contributed by atoms with E-state index in [2.05, 4.69) is 4.52 Å². The average Bonchev–Trinajstić information content (AvgIpc) is 1.76. The minimum atomic E-state index is -5.54. The molecule has 0 N–H and O–H groups in total. The highest BCUT2D eigenvalue weighted by Gasteiger charge is 2.19. The van der Waals surface area contributed by atoms with Crippen molar-refractivity contribution in [3.63, 3.8) is 0 Å². The van der Waals surface area contributed by atoms with E-state index in [1.165, 1.54) is 0 Å². The highest BCUT2D eigenvalue weighted by molar-refractivity contribution is 7.85. The largest absolute Gasteiger partial charge is 0.748 e. The minimum Gasteiger partial charge on any atom is -0.748 e. The van der Waals surface area contributed by atoms with Gasteiger partial charge in [0, 0.05) is 5.75 Å². The lowest BCUT2D eigenvalue weighted by Crippen LogP contribution is -2.06. The van der Waals surface area contributed by atoms with Gasteiger partial charge in [0.25, 0.3) is 0 Å². The molecular formula is C3H6F2O5PS-. The van der Waals surface area contributed by atoms with Gasteiger partial charge in [-0.1, -0.05) is 0 Å². The lowest BCUT2D eigenvalue weighted by Gasteiger charge is -2.05. The van der Waals surface area contributed by atoms with Crippen LogP contribution in [0.25, 0.3) is 0 Å². The zero-order chi connectivity index (χ0) is 9.83. The number of hydrogen-bond donors (Lipinski definition) is 0. The first kappa shape index (κ1) is 12.0. The number of rotatable bonds is 5. The molecule has 0 aliphatic rings. The molecule has 0 radical (unpaired) electrons. The van der Waals surface area contributed by atoms with Gasteiger partial charge in [0.05, 0.1) is 16.7 Å². The smallest absolute Gasteiger partial charge is 0.551 e. The zero-order valence-corrected chi connectivity index (χ0v) is 7.48. The highest BCUT2D eigenvalue weighted by Crippen LogP contribution is 2.50. The molecule has 0 unspecified atom stereocenters. The van der Waals surface area contributed by atoms with Crippen LogP contribution in [0.3, 0.4) is 0 Å². The number of hydrogen-bond acceptors (Lipinski definition) is 5. The standard InChI is InChI=1S/C3H7F2O5PS/c4-11(5,6)10-2-1-3-12(7,8)9/h1-3H2,(H,7,8,9)/p-1. The van der Waals surface area contributed by atoms with Gasteiger partial charge in [-0.15, -0.1) is 8.39 Å². The van der Waals surface area contributed by atoms with Crippen molar-refractivity contribution in [3.8, 4) is 0 Å². The summed E-state index contributed by atoms with van der Waals surface area (Å²) in [4.78, 5) is 0. The van der Waals surface area contributed by atoms with Crippen LogP contribution in [-0.2, 0) is 19.2 Å². The summed E-state index contributed by atoms with van der Waals surface area (Å²) in [7, 11) is -9.95. The molecule has 0 saturated carbocycles. The van der Waals surface area contributed by atoms with Gasteiger partial charge < -0.3 is 4.55 Å². The Morgan fingerprint density at radius 1 is 1.42 bits per heavy atom. The van der Waals surface area contributed by atoms with Gasteiger partial charge in [0.15, 0.2) is 0 Å². The fourth-order valence-electron chi connectivity index (χ4n) is 0.407. The van der Waals surface area contributed by atoms with Crippen LogP contribution in [0.2, 0.25) is 0 Å². The van der Waals surface area contributed by atoms with Crippen molar-refractivity contribution in [3.05, 3.63) is 0 Å². The second-order valence-corrected chi connectivity index (χ2v) is 4.47. The first-order chi connectivity index (χ1) is 5.21. The van der Waals surface area contributed by atoms with E-state index in [1.54, 1.807) is 0 Å². The minimum absolute atomic E-state index is 0.385. The van der Waals surface area contributed by atoms with Crippen molar-refractivity contribution in [2.45, 2.75) is 6.42 Å². The fourth-order valence-corrected chi connectivity index (χ4v) is 1.22. The van der Waals surface area contributed by atoms with E-state index in [0.717, 1.165) is 0 Å². The van der Waals surface area contributed by atoms with Crippen LogP contribution >= 0.6 is 7.99 Å². The van der Waals surface area contributed by atoms with Gasteiger partial charge in [-0.05, 0) is 6.42 Å². The van der Waals surface area contributed by atoms with Crippen molar-refractivity contribution in [1.82, 2.24) is 0 Å². The lowest BCUT2D eigenvalue weighted by atomic mass is 10.5. The van der Waals surface area contributed by atoms with E-state index in [1.807, 2.05) is 0 Å². The molecule has 0 amide bonds. The molecule has 0 bridgehead atoms. The van der Waals surface area contributed by atoms with Gasteiger partial charge in [0.1, 0.15) is 0 Å². The van der Waals surface area contributed by atoms with Gasteiger partial charge in [-0.25, -0.2) is 13.0 Å². The van der Waals surface area contributed by atoms with Crippen LogP contribution in [0.5, 0.6) is 0 Å². The van der Waals surface area contributed by atoms with Crippen LogP contribution in [0.1, 0.15) is 6.42 Å². The van der Waals surface area contributed by atoms with Gasteiger partial charge in [-0.3, -0.25) is 4.52 Å². The molecule has 0 aromatic rings. The van der Waals surface area contributed by atoms with E-state index in [4.69, 9.17) is 0 Å². The van der Waals surface area contributed by atoms with Crippen molar-refractivity contribution >= 4 is 18.1 Å². The maximum Gasteiger partial charge on any atom is 0.551 e. The Morgan fingerprint density at radius 3 is 2.25 bits per heavy atom. The SMILES string of the molecule is O=P(F)(F)OCCCS(=O)(=O)[O-]. The molecule has 9 heteroatoms. The maximum atomic E-state index is 11.4. The summed E-state index contributed by atoms with van der Waals surface area (Å²) in [5.41, 5.74) is 0. The van der Waals surface area contributed by atoms with Crippen molar-refractivity contribution in [1.29, 1.82) is 0 Å². The van der Waals surface area contributed by atoms with Crippen LogP contribution in [0.4, 0.5) is 8.39 Å². The molecule has 0 aromatic heterocycles. The van der Waals surface area contributed by atoms with Crippen LogP contribution < -0.4 is 0 Å². The van der Waals surface area contributed by atoms with Crippen molar-refractivity contribution in [2.24, 2.45) is 0 Å². The fraction of sp³-hybridized carbons (Fsp3) is 1.00. The summed E-state index contributed by atoms with van der Waals surface area (Å²) in [6.07, 6.45) is -0.385. The van der Waals surface area contributed by atoms with E-state index in [0.29, 0.717) is 0 Å². The van der Waals surface area contributed by atoms with E-state index >= 15 is 0 Å². The van der Waals surface area contributed by atoms with Crippen LogP contribution in [0, 0.1) is 0 Å². The van der Waals surface area contributed by atoms with Crippen LogP contribution in [-0.4, -0.2) is 25.3 Å². The Labute approximate surface area is 68.2 Å². The predicted octanol–water partition coefficient (Wildman–Crippen LogP) is 0.985. The Hall–Kier alpha value is -0.0400. The first-order valence-corrected chi connectivity index (χ1v) is 5.76. The Morgan fingerprint density at radius 2 is 1.92 bits per heavy atom. The van der Waals surface area contributed by atoms with E-state index < -0.39 is 30.5 Å². The monoisotopic (exact) mass is 223 g/mol. The highest BCUT2D eigenvalue weighted by atomic mass is 32.2. The van der Waals surface area contributed by atoms with Crippen LogP contribution in [0.15, 0.2) is 0 Å². The summed E-state index contributed by atoms with van der Waals surface area (Å²) in [6.45, 7) is -0.703. The van der Waals surface area contributed by atoms with E-state index in [-0.39, 0.29) is 6.42 Å². The van der Waals surface area contributed by atoms with E-state index in [9.17, 15) is 25.9 Å². The summed E-state index contributed by atoms with van der Waals surface area (Å²) in [6, 6.07) is 0. The molecule has 0 aliphatic heterocycles. The molecule has 5 nitrogen and oxygen atoms in total. The summed E-state index contributed by atoms with van der Waals surface area (Å²) < 4.78 is 65.6. The third-order valence-corrected chi connectivity index (χ3v) is 2.05. The topological polar surface area (TPSA) is 83.5 Å². The van der Waals surface area contributed by atoms with Crippen molar-refractivity contribution in [2.75, 3.05) is 12.4 Å². The molecule has 12 heavy (non-hydrogen) atoms. The lowest BCUT2D eigenvalue weighted by molar-refractivity contribution is 0.256. The second kappa shape index (κ2) is 4.27. The first-order valence-electron chi connectivity index (χ1n) is 2.78. The summed E-state index contributed by atoms with van der Waals surface area (Å²) in [5, 5.41) is 0. The molecule has 0 rings (SSSR count). The summed E-state index contributed by atoms with van der Waals surface area (Å²) in [5.74, 6) is -0.799. The molecule has 74 valence electrons. The molecule has 0 atom stereocenters. The molecule has 0 spiro atoms. The van der Waals surface area contributed by atoms with Gasteiger partial charge in [0.2, 0.25) is 0 Å². The zero-order valence-electron chi connectivity index (χ0n) is 5.77. The van der Waals surface area contributed by atoms with Gasteiger partial charge in [-0.2, -0.15) is 0 Å². The third kappa shape index (κ3) is 9.96. The Balaban J connectivity index is 3.55. The molecule has 0 aliphatic carbocycles. The van der Waals surface area contributed by atoms with Crippen molar-refractivity contribution < 1.29 is 30.5 Å². The normalized spacial score (nSPS) is 13.2. The van der Waals surface area contributed by atoms with Gasteiger partial charge >= 0.3 is 7.99 Å². The second-order valence-electron chi connectivity index (χ2n) is 1.86. The predicted molar refractivity (Wildman–Crippen MR) is 35.0 cm³/mol. The maximum absolute atomic E-state index is 11.4. The Kier molecular flexibility index (Phi) is 4.25. The molecular weight excluding hydrogens is 217 g/mol.